The third-order valence-electron chi connectivity index (χ3n) is 4.21. The second-order valence-corrected chi connectivity index (χ2v) is 8.08. The first-order chi connectivity index (χ1) is 13.5. The van der Waals surface area contributed by atoms with Crippen LogP contribution in [-0.4, -0.2) is 20.9 Å². The normalized spacial score (nSPS) is 11.8. The molecule has 3 aromatic carbocycles. The monoisotopic (exact) mass is 394 g/mol. The zero-order chi connectivity index (χ0) is 20.0. The molecule has 0 aliphatic heterocycles. The van der Waals surface area contributed by atoms with E-state index >= 15 is 0 Å². The van der Waals surface area contributed by atoms with E-state index in [-0.39, 0.29) is 10.8 Å². The number of anilines is 1. The van der Waals surface area contributed by atoms with Crippen molar-refractivity contribution in [1.82, 2.24) is 4.72 Å². The first-order valence-corrected chi connectivity index (χ1v) is 10.5. The Labute approximate surface area is 165 Å². The van der Waals surface area contributed by atoms with E-state index in [0.29, 0.717) is 12.2 Å². The van der Waals surface area contributed by atoms with Crippen molar-refractivity contribution in [2.24, 2.45) is 0 Å². The summed E-state index contributed by atoms with van der Waals surface area (Å²) in [5, 5.41) is 4.92. The van der Waals surface area contributed by atoms with E-state index in [1.54, 1.807) is 18.2 Å². The Kier molecular flexibility index (Phi) is 6.23. The number of amides is 1. The van der Waals surface area contributed by atoms with Crippen LogP contribution in [0.1, 0.15) is 18.9 Å². The molecule has 28 heavy (non-hydrogen) atoms. The molecule has 0 saturated heterocycles. The lowest BCUT2D eigenvalue weighted by molar-refractivity contribution is -0.111. The van der Waals surface area contributed by atoms with Gasteiger partial charge < -0.3 is 5.32 Å². The number of fused-ring (bicyclic) bond motifs is 1. The van der Waals surface area contributed by atoms with Gasteiger partial charge in [-0.2, -0.15) is 0 Å². The van der Waals surface area contributed by atoms with Gasteiger partial charge in [-0.05, 0) is 53.1 Å². The van der Waals surface area contributed by atoms with Gasteiger partial charge in [0.1, 0.15) is 0 Å². The van der Waals surface area contributed by atoms with Crippen molar-refractivity contribution in [1.29, 1.82) is 0 Å². The highest BCUT2D eigenvalue weighted by atomic mass is 32.2. The molecule has 0 fully saturated rings. The van der Waals surface area contributed by atoms with Gasteiger partial charge >= 0.3 is 0 Å². The minimum Gasteiger partial charge on any atom is -0.323 e. The van der Waals surface area contributed by atoms with Crippen LogP contribution in [0.4, 0.5) is 5.69 Å². The van der Waals surface area contributed by atoms with E-state index in [9.17, 15) is 13.2 Å². The second-order valence-electron chi connectivity index (χ2n) is 6.31. The van der Waals surface area contributed by atoms with Crippen LogP contribution in [0.2, 0.25) is 0 Å². The first-order valence-electron chi connectivity index (χ1n) is 9.06. The van der Waals surface area contributed by atoms with Crippen molar-refractivity contribution < 1.29 is 13.2 Å². The SMILES string of the molecule is CCCNS(=O)(=O)c1ccc(NC(=O)/C=C/c2cccc3ccccc23)cc1. The highest BCUT2D eigenvalue weighted by Gasteiger charge is 2.12. The molecule has 0 bridgehead atoms. The Hall–Kier alpha value is -2.96. The first kappa shape index (κ1) is 19.8. The highest BCUT2D eigenvalue weighted by molar-refractivity contribution is 7.89. The molecule has 2 N–H and O–H groups in total. The molecule has 0 spiro atoms. The molecule has 3 aromatic rings. The summed E-state index contributed by atoms with van der Waals surface area (Å²) in [6.45, 7) is 2.28. The molecule has 5 nitrogen and oxygen atoms in total. The Morgan fingerprint density at radius 3 is 2.43 bits per heavy atom. The summed E-state index contributed by atoms with van der Waals surface area (Å²) in [5.41, 5.74) is 1.48. The largest absolute Gasteiger partial charge is 0.323 e. The van der Waals surface area contributed by atoms with Crippen LogP contribution in [0, 0.1) is 0 Å². The number of nitrogens with one attached hydrogen (secondary N) is 2. The van der Waals surface area contributed by atoms with E-state index in [1.807, 2.05) is 49.4 Å². The summed E-state index contributed by atoms with van der Waals surface area (Å²) in [4.78, 5) is 12.4. The summed E-state index contributed by atoms with van der Waals surface area (Å²) in [5.74, 6) is -0.285. The van der Waals surface area contributed by atoms with E-state index in [2.05, 4.69) is 10.0 Å². The lowest BCUT2D eigenvalue weighted by Crippen LogP contribution is -2.24. The molecular weight excluding hydrogens is 372 g/mol. The van der Waals surface area contributed by atoms with Gasteiger partial charge in [0, 0.05) is 18.3 Å². The van der Waals surface area contributed by atoms with Crippen molar-refractivity contribution in [2.45, 2.75) is 18.2 Å². The minimum absolute atomic E-state index is 0.172. The molecule has 0 atom stereocenters. The van der Waals surface area contributed by atoms with Gasteiger partial charge in [-0.1, -0.05) is 49.4 Å². The third-order valence-corrected chi connectivity index (χ3v) is 5.69. The number of carbonyl (C=O) groups is 1. The fourth-order valence-electron chi connectivity index (χ4n) is 2.78. The number of carbonyl (C=O) groups excluding carboxylic acids is 1. The Morgan fingerprint density at radius 2 is 1.68 bits per heavy atom. The highest BCUT2D eigenvalue weighted by Crippen LogP contribution is 2.20. The van der Waals surface area contributed by atoms with E-state index < -0.39 is 10.0 Å². The van der Waals surface area contributed by atoms with Crippen molar-refractivity contribution in [3.8, 4) is 0 Å². The number of hydrogen-bond acceptors (Lipinski definition) is 3. The molecule has 1 amide bonds. The molecule has 0 heterocycles. The van der Waals surface area contributed by atoms with Crippen molar-refractivity contribution in [3.63, 3.8) is 0 Å². The molecule has 0 unspecified atom stereocenters. The molecule has 6 heteroatoms. The van der Waals surface area contributed by atoms with Crippen LogP contribution < -0.4 is 10.0 Å². The summed E-state index contributed by atoms with van der Waals surface area (Å²) in [6.07, 6.45) is 3.96. The molecular formula is C22H22N2O3S. The fraction of sp³-hybridized carbons (Fsp3) is 0.136. The lowest BCUT2D eigenvalue weighted by atomic mass is 10.0. The maximum atomic E-state index is 12.2. The number of rotatable bonds is 7. The van der Waals surface area contributed by atoms with Crippen molar-refractivity contribution in [3.05, 3.63) is 78.4 Å². The van der Waals surface area contributed by atoms with E-state index in [0.717, 1.165) is 22.8 Å². The van der Waals surface area contributed by atoms with Crippen LogP contribution >= 0.6 is 0 Å². The molecule has 0 radical (unpaired) electrons. The minimum atomic E-state index is -3.51. The maximum Gasteiger partial charge on any atom is 0.248 e. The van der Waals surface area contributed by atoms with E-state index in [4.69, 9.17) is 0 Å². The Morgan fingerprint density at radius 1 is 0.964 bits per heavy atom. The predicted molar refractivity (Wildman–Crippen MR) is 114 cm³/mol. The van der Waals surface area contributed by atoms with Gasteiger partial charge in [0.2, 0.25) is 15.9 Å². The van der Waals surface area contributed by atoms with Gasteiger partial charge in [0.25, 0.3) is 0 Å². The zero-order valence-corrected chi connectivity index (χ0v) is 16.4. The van der Waals surface area contributed by atoms with Gasteiger partial charge in [-0.3, -0.25) is 4.79 Å². The molecule has 144 valence electrons. The molecule has 3 rings (SSSR count). The summed E-state index contributed by atoms with van der Waals surface area (Å²) in [7, 11) is -3.51. The van der Waals surface area contributed by atoms with Crippen LogP contribution in [0.15, 0.2) is 77.7 Å². The van der Waals surface area contributed by atoms with Gasteiger partial charge in [0.15, 0.2) is 0 Å². The van der Waals surface area contributed by atoms with Crippen LogP contribution in [0.5, 0.6) is 0 Å². The third kappa shape index (κ3) is 4.85. The van der Waals surface area contributed by atoms with Crippen LogP contribution in [0.25, 0.3) is 16.8 Å². The number of hydrogen-bond donors (Lipinski definition) is 2. The summed E-state index contributed by atoms with van der Waals surface area (Å²) in [6, 6.07) is 20.0. The van der Waals surface area contributed by atoms with Crippen molar-refractivity contribution in [2.75, 3.05) is 11.9 Å². The fourth-order valence-corrected chi connectivity index (χ4v) is 3.92. The summed E-state index contributed by atoms with van der Waals surface area (Å²) >= 11 is 0. The Bertz CT molecular complexity index is 1100. The predicted octanol–water partition coefficient (Wildman–Crippen LogP) is 4.18. The molecule has 0 aliphatic carbocycles. The smallest absolute Gasteiger partial charge is 0.248 e. The lowest BCUT2D eigenvalue weighted by Gasteiger charge is -2.07. The molecule has 0 saturated carbocycles. The zero-order valence-electron chi connectivity index (χ0n) is 15.6. The second kappa shape index (κ2) is 8.82. The van der Waals surface area contributed by atoms with Gasteiger partial charge in [-0.15, -0.1) is 0 Å². The van der Waals surface area contributed by atoms with Gasteiger partial charge in [0.05, 0.1) is 4.90 Å². The quantitative estimate of drug-likeness (QED) is 0.590. The topological polar surface area (TPSA) is 75.3 Å². The molecule has 0 aromatic heterocycles. The van der Waals surface area contributed by atoms with Crippen LogP contribution in [-0.2, 0) is 14.8 Å². The average molecular weight is 394 g/mol. The summed E-state index contributed by atoms with van der Waals surface area (Å²) < 4.78 is 26.7. The Balaban J connectivity index is 1.69. The maximum absolute atomic E-state index is 12.2. The van der Waals surface area contributed by atoms with Crippen LogP contribution in [0.3, 0.4) is 0 Å². The van der Waals surface area contributed by atoms with Gasteiger partial charge in [-0.25, -0.2) is 13.1 Å². The standard InChI is InChI=1S/C22H22N2O3S/c1-2-16-23-28(26,27)20-13-11-19(12-14-20)24-22(25)15-10-18-8-5-7-17-6-3-4-9-21(17)18/h3-15,23H,2,16H2,1H3,(H,24,25)/b15-10+. The van der Waals surface area contributed by atoms with Crippen molar-refractivity contribution >= 4 is 38.5 Å². The number of benzene rings is 3. The number of sulfonamides is 1. The molecule has 0 aliphatic rings. The van der Waals surface area contributed by atoms with E-state index in [1.165, 1.54) is 18.2 Å². The average Bonchev–Trinajstić information content (AvgIpc) is 2.71.